The van der Waals surface area contributed by atoms with Gasteiger partial charge in [-0.25, -0.2) is 4.98 Å². The van der Waals surface area contributed by atoms with Gasteiger partial charge in [-0.05, 0) is 66.9 Å². The topological polar surface area (TPSA) is 74.6 Å². The first-order valence-electron chi connectivity index (χ1n) is 13.1. The molecule has 1 aliphatic heterocycles. The predicted molar refractivity (Wildman–Crippen MR) is 149 cm³/mol. The highest BCUT2D eigenvalue weighted by atomic mass is 16.7. The van der Waals surface area contributed by atoms with Crippen molar-refractivity contribution in [2.75, 3.05) is 13.3 Å². The van der Waals surface area contributed by atoms with Gasteiger partial charge in [-0.2, -0.15) is 0 Å². The van der Waals surface area contributed by atoms with Crippen molar-refractivity contribution in [3.05, 3.63) is 120 Å². The fourth-order valence-electron chi connectivity index (χ4n) is 4.81. The standard InChI is InChI=1S/C32H29N3O4/c1-22(39-26-10-6-3-7-11-26)31-34-27-19-25(32(36)33-17-16-23-8-4-2-5-9-23)13-14-28(27)35(31)20-24-12-15-29-30(18-24)38-21-37-29/h2-15,18-19,22H,16-17,20-21H2,1H3,(H,33,36). The summed E-state index contributed by atoms with van der Waals surface area (Å²) < 4.78 is 19.4. The summed E-state index contributed by atoms with van der Waals surface area (Å²) in [7, 11) is 0. The van der Waals surface area contributed by atoms with Crippen molar-refractivity contribution in [2.45, 2.75) is 26.0 Å². The minimum absolute atomic E-state index is 0.117. The lowest BCUT2D eigenvalue weighted by molar-refractivity contribution is 0.0954. The highest BCUT2D eigenvalue weighted by Gasteiger charge is 2.21. The summed E-state index contributed by atoms with van der Waals surface area (Å²) in [6.07, 6.45) is 0.453. The summed E-state index contributed by atoms with van der Waals surface area (Å²) in [4.78, 5) is 17.9. The quantitative estimate of drug-likeness (QED) is 0.261. The Hall–Kier alpha value is -4.78. The molecule has 1 aromatic heterocycles. The SMILES string of the molecule is CC(Oc1ccccc1)c1nc2cc(C(=O)NCCc3ccccc3)ccc2n1Cc1ccc2c(c1)OCO2. The number of nitrogens with zero attached hydrogens (tertiary/aromatic N) is 2. The summed E-state index contributed by atoms with van der Waals surface area (Å²) in [5.74, 6) is 2.91. The van der Waals surface area contributed by atoms with E-state index in [0.717, 1.165) is 46.1 Å². The molecule has 1 unspecified atom stereocenters. The molecule has 2 heterocycles. The van der Waals surface area contributed by atoms with Crippen LogP contribution >= 0.6 is 0 Å². The molecule has 1 aliphatic rings. The first kappa shape index (κ1) is 24.6. The number of carbonyl (C=O) groups excluding carboxylic acids is 1. The van der Waals surface area contributed by atoms with Crippen LogP contribution in [0.15, 0.2) is 97.1 Å². The van der Waals surface area contributed by atoms with E-state index in [1.54, 1.807) is 0 Å². The minimum atomic E-state index is -0.322. The number of para-hydroxylation sites is 1. The van der Waals surface area contributed by atoms with Crippen molar-refractivity contribution in [3.8, 4) is 17.2 Å². The minimum Gasteiger partial charge on any atom is -0.483 e. The van der Waals surface area contributed by atoms with E-state index in [2.05, 4.69) is 22.0 Å². The van der Waals surface area contributed by atoms with Gasteiger partial charge < -0.3 is 24.1 Å². The Morgan fingerprint density at radius 3 is 2.51 bits per heavy atom. The molecule has 0 radical (unpaired) electrons. The molecule has 7 nitrogen and oxygen atoms in total. The third-order valence-corrected chi connectivity index (χ3v) is 6.78. The third kappa shape index (κ3) is 5.43. The van der Waals surface area contributed by atoms with E-state index in [1.807, 2.05) is 91.9 Å². The van der Waals surface area contributed by atoms with Gasteiger partial charge in [0.25, 0.3) is 5.91 Å². The number of ether oxygens (including phenoxy) is 3. The zero-order valence-electron chi connectivity index (χ0n) is 21.7. The normalized spacial score (nSPS) is 12.8. The van der Waals surface area contributed by atoms with Gasteiger partial charge in [-0.1, -0.05) is 54.6 Å². The highest BCUT2D eigenvalue weighted by molar-refractivity contribution is 5.97. The molecule has 1 atom stereocenters. The Bertz CT molecular complexity index is 1600. The van der Waals surface area contributed by atoms with Crippen LogP contribution in [0.4, 0.5) is 0 Å². The Labute approximate surface area is 227 Å². The summed E-state index contributed by atoms with van der Waals surface area (Å²) >= 11 is 0. The number of hydrogen-bond donors (Lipinski definition) is 1. The molecule has 0 spiro atoms. The van der Waals surface area contributed by atoms with E-state index in [1.165, 1.54) is 5.56 Å². The molecule has 1 amide bonds. The van der Waals surface area contributed by atoms with E-state index in [4.69, 9.17) is 19.2 Å². The number of fused-ring (bicyclic) bond motifs is 2. The van der Waals surface area contributed by atoms with Crippen LogP contribution in [0.1, 0.15) is 40.3 Å². The molecule has 1 N–H and O–H groups in total. The van der Waals surface area contributed by atoms with Crippen LogP contribution in [-0.4, -0.2) is 28.8 Å². The second kappa shape index (κ2) is 10.9. The molecule has 0 saturated heterocycles. The summed E-state index contributed by atoms with van der Waals surface area (Å²) in [5.41, 5.74) is 4.48. The van der Waals surface area contributed by atoms with Crippen LogP contribution < -0.4 is 19.5 Å². The largest absolute Gasteiger partial charge is 0.483 e. The zero-order valence-corrected chi connectivity index (χ0v) is 21.7. The fraction of sp³-hybridized carbons (Fsp3) is 0.188. The second-order valence-corrected chi connectivity index (χ2v) is 9.51. The van der Waals surface area contributed by atoms with E-state index >= 15 is 0 Å². The van der Waals surface area contributed by atoms with E-state index in [0.29, 0.717) is 18.7 Å². The van der Waals surface area contributed by atoms with Crippen molar-refractivity contribution in [2.24, 2.45) is 0 Å². The summed E-state index contributed by atoms with van der Waals surface area (Å²) in [6.45, 7) is 3.35. The Morgan fingerprint density at radius 1 is 0.923 bits per heavy atom. The van der Waals surface area contributed by atoms with Crippen molar-refractivity contribution >= 4 is 16.9 Å². The Balaban J connectivity index is 1.28. The number of carbonyl (C=O) groups is 1. The van der Waals surface area contributed by atoms with Gasteiger partial charge in [-0.15, -0.1) is 0 Å². The number of hydrogen-bond acceptors (Lipinski definition) is 5. The Morgan fingerprint density at radius 2 is 1.69 bits per heavy atom. The Kier molecular flexibility index (Phi) is 6.87. The monoisotopic (exact) mass is 519 g/mol. The molecule has 39 heavy (non-hydrogen) atoms. The maximum atomic E-state index is 12.9. The van der Waals surface area contributed by atoms with Crippen molar-refractivity contribution < 1.29 is 19.0 Å². The van der Waals surface area contributed by atoms with Crippen LogP contribution in [0.2, 0.25) is 0 Å². The predicted octanol–water partition coefficient (Wildman–Crippen LogP) is 5.93. The summed E-state index contributed by atoms with van der Waals surface area (Å²) in [5, 5.41) is 3.03. The summed E-state index contributed by atoms with van der Waals surface area (Å²) in [6, 6.07) is 31.4. The molecule has 4 aromatic carbocycles. The molecule has 6 rings (SSSR count). The van der Waals surface area contributed by atoms with Gasteiger partial charge in [0, 0.05) is 18.7 Å². The van der Waals surface area contributed by atoms with Crippen LogP contribution in [0.5, 0.6) is 17.2 Å². The van der Waals surface area contributed by atoms with Gasteiger partial charge in [-0.3, -0.25) is 4.79 Å². The van der Waals surface area contributed by atoms with Gasteiger partial charge in [0.15, 0.2) is 23.4 Å². The maximum Gasteiger partial charge on any atom is 0.251 e. The molecule has 0 bridgehead atoms. The lowest BCUT2D eigenvalue weighted by atomic mass is 10.1. The van der Waals surface area contributed by atoms with E-state index < -0.39 is 0 Å². The van der Waals surface area contributed by atoms with Crippen molar-refractivity contribution in [1.82, 2.24) is 14.9 Å². The number of imidazole rings is 1. The molecule has 196 valence electrons. The molecule has 0 aliphatic carbocycles. The lowest BCUT2D eigenvalue weighted by Crippen LogP contribution is -2.25. The fourth-order valence-corrected chi connectivity index (χ4v) is 4.81. The van der Waals surface area contributed by atoms with Crippen LogP contribution in [0.3, 0.4) is 0 Å². The van der Waals surface area contributed by atoms with Crippen LogP contribution in [0.25, 0.3) is 11.0 Å². The maximum absolute atomic E-state index is 12.9. The molecule has 0 saturated carbocycles. The number of aromatic nitrogens is 2. The average Bonchev–Trinajstić information content (AvgIpc) is 3.58. The van der Waals surface area contributed by atoms with Crippen molar-refractivity contribution in [1.29, 1.82) is 0 Å². The highest BCUT2D eigenvalue weighted by Crippen LogP contribution is 2.34. The van der Waals surface area contributed by atoms with Crippen LogP contribution in [0, 0.1) is 0 Å². The van der Waals surface area contributed by atoms with Gasteiger partial charge in [0.1, 0.15) is 5.75 Å². The van der Waals surface area contributed by atoms with Gasteiger partial charge in [0.05, 0.1) is 11.0 Å². The first-order chi connectivity index (χ1) is 19.1. The van der Waals surface area contributed by atoms with Crippen molar-refractivity contribution in [3.63, 3.8) is 0 Å². The first-order valence-corrected chi connectivity index (χ1v) is 13.1. The molecular formula is C32H29N3O4. The number of benzene rings is 4. The smallest absolute Gasteiger partial charge is 0.251 e. The number of rotatable bonds is 9. The molecular weight excluding hydrogens is 490 g/mol. The van der Waals surface area contributed by atoms with Gasteiger partial charge in [0.2, 0.25) is 6.79 Å². The lowest BCUT2D eigenvalue weighted by Gasteiger charge is -2.17. The van der Waals surface area contributed by atoms with E-state index in [-0.39, 0.29) is 18.8 Å². The molecule has 5 aromatic rings. The van der Waals surface area contributed by atoms with Gasteiger partial charge >= 0.3 is 0 Å². The average molecular weight is 520 g/mol. The van der Waals surface area contributed by atoms with E-state index in [9.17, 15) is 4.79 Å². The molecule has 7 heteroatoms. The third-order valence-electron chi connectivity index (χ3n) is 6.78. The number of nitrogens with one attached hydrogen (secondary N) is 1. The second-order valence-electron chi connectivity index (χ2n) is 9.51. The number of amides is 1. The molecule has 0 fully saturated rings. The van der Waals surface area contributed by atoms with Crippen LogP contribution in [-0.2, 0) is 13.0 Å². The zero-order chi connectivity index (χ0) is 26.6.